The van der Waals surface area contributed by atoms with Crippen LogP contribution in [0.3, 0.4) is 0 Å². The van der Waals surface area contributed by atoms with Crippen molar-refractivity contribution in [2.24, 2.45) is 0 Å². The fourth-order valence-electron chi connectivity index (χ4n) is 4.15. The van der Waals surface area contributed by atoms with E-state index in [1.54, 1.807) is 0 Å². The molecule has 0 spiro atoms. The molecule has 0 aromatic heterocycles. The lowest BCUT2D eigenvalue weighted by Crippen LogP contribution is -2.13. The van der Waals surface area contributed by atoms with Crippen molar-refractivity contribution >= 4 is 8.80 Å². The van der Waals surface area contributed by atoms with E-state index < -0.39 is 8.80 Å². The van der Waals surface area contributed by atoms with Gasteiger partial charge >= 0.3 is 0 Å². The Bertz CT molecular complexity index is 644. The van der Waals surface area contributed by atoms with Gasteiger partial charge in [-0.1, -0.05) is 128 Å². The Kier molecular flexibility index (Phi) is 9.09. The molecule has 28 heavy (non-hydrogen) atoms. The van der Waals surface area contributed by atoms with Crippen LogP contribution >= 0.6 is 0 Å². The summed E-state index contributed by atoms with van der Waals surface area (Å²) in [5.41, 5.74) is 4.51. The summed E-state index contributed by atoms with van der Waals surface area (Å²) >= 11 is 0. The highest BCUT2D eigenvalue weighted by molar-refractivity contribution is 6.58. The predicted molar refractivity (Wildman–Crippen MR) is 126 cm³/mol. The minimum Gasteiger partial charge on any atom is -0.0622 e. The molecule has 0 unspecified atom stereocenters. The monoisotopic (exact) mass is 386 g/mol. The van der Waals surface area contributed by atoms with E-state index in [-0.39, 0.29) is 0 Å². The van der Waals surface area contributed by atoms with Gasteiger partial charge in [0.15, 0.2) is 0 Å². The third-order valence-corrected chi connectivity index (χ3v) is 9.44. The molecule has 0 N–H and O–H groups in total. The van der Waals surface area contributed by atoms with E-state index >= 15 is 0 Å². The number of aryl methyl sites for hydroxylation is 3. The van der Waals surface area contributed by atoms with E-state index in [2.05, 4.69) is 91.0 Å². The molecule has 0 fully saturated rings. The molecule has 146 valence electrons. The maximum atomic E-state index is 2.28. The first-order valence-electron chi connectivity index (χ1n) is 11.0. The lowest BCUT2D eigenvalue weighted by Gasteiger charge is -2.16. The van der Waals surface area contributed by atoms with E-state index in [1.807, 2.05) is 0 Å². The molecule has 0 saturated carbocycles. The molecule has 0 atom stereocenters. The SMILES string of the molecule is c1ccc(CCC[SiH](CCCc2ccccc2)CCCc2ccccc2)cc1. The van der Waals surface area contributed by atoms with Gasteiger partial charge in [0.2, 0.25) is 0 Å². The van der Waals surface area contributed by atoms with Crippen molar-refractivity contribution in [2.75, 3.05) is 0 Å². The number of rotatable bonds is 12. The zero-order chi connectivity index (χ0) is 19.3. The lowest BCUT2D eigenvalue weighted by atomic mass is 10.1. The van der Waals surface area contributed by atoms with Gasteiger partial charge in [0.05, 0.1) is 0 Å². The zero-order valence-corrected chi connectivity index (χ0v) is 18.3. The Morgan fingerprint density at radius 2 is 0.679 bits per heavy atom. The van der Waals surface area contributed by atoms with E-state index in [0.29, 0.717) is 0 Å². The molecule has 0 nitrogen and oxygen atoms in total. The van der Waals surface area contributed by atoms with Gasteiger partial charge in [0, 0.05) is 8.80 Å². The van der Waals surface area contributed by atoms with Crippen LogP contribution < -0.4 is 0 Å². The Hall–Kier alpha value is -2.12. The Balaban J connectivity index is 1.44. The Labute approximate surface area is 173 Å². The molecule has 3 aromatic rings. The molecule has 3 rings (SSSR count). The molecule has 0 aliphatic rings. The average molecular weight is 387 g/mol. The van der Waals surface area contributed by atoms with Crippen LogP contribution in [0.5, 0.6) is 0 Å². The van der Waals surface area contributed by atoms with Crippen LogP contribution in [0.4, 0.5) is 0 Å². The normalized spacial score (nSPS) is 11.0. The molecule has 0 saturated heterocycles. The van der Waals surface area contributed by atoms with E-state index in [4.69, 9.17) is 0 Å². The molecule has 1 heteroatoms. The fourth-order valence-corrected chi connectivity index (χ4v) is 7.36. The summed E-state index contributed by atoms with van der Waals surface area (Å²) in [5.74, 6) is 0. The summed E-state index contributed by atoms with van der Waals surface area (Å²) in [6, 6.07) is 37.6. The Morgan fingerprint density at radius 1 is 0.393 bits per heavy atom. The summed E-state index contributed by atoms with van der Waals surface area (Å²) in [6.45, 7) is 0. The van der Waals surface area contributed by atoms with Crippen molar-refractivity contribution in [2.45, 2.75) is 56.7 Å². The number of hydrogen-bond donors (Lipinski definition) is 0. The maximum absolute atomic E-state index is 2.28. The van der Waals surface area contributed by atoms with Crippen LogP contribution in [0.15, 0.2) is 91.0 Å². The molecule has 0 radical (unpaired) electrons. The predicted octanol–water partition coefficient (Wildman–Crippen LogP) is 7.11. The molecule has 0 heterocycles. The topological polar surface area (TPSA) is 0 Å². The van der Waals surface area contributed by atoms with Crippen molar-refractivity contribution < 1.29 is 0 Å². The largest absolute Gasteiger partial charge is 0.0622 e. The van der Waals surface area contributed by atoms with Crippen LogP contribution in [0.25, 0.3) is 0 Å². The number of hydrogen-bond acceptors (Lipinski definition) is 0. The molecule has 0 amide bonds. The van der Waals surface area contributed by atoms with Crippen LogP contribution in [-0.4, -0.2) is 8.80 Å². The van der Waals surface area contributed by atoms with E-state index in [9.17, 15) is 0 Å². The second-order valence-electron chi connectivity index (χ2n) is 8.00. The number of benzene rings is 3. The second kappa shape index (κ2) is 12.4. The quantitative estimate of drug-likeness (QED) is 0.291. The molecule has 3 aromatic carbocycles. The minimum absolute atomic E-state index is 0.657. The van der Waals surface area contributed by atoms with Crippen LogP contribution in [0.2, 0.25) is 18.1 Å². The fraction of sp³-hybridized carbons (Fsp3) is 0.333. The first-order valence-corrected chi connectivity index (χ1v) is 13.5. The first-order chi connectivity index (χ1) is 13.9. The third kappa shape index (κ3) is 7.86. The van der Waals surface area contributed by atoms with Crippen molar-refractivity contribution in [3.8, 4) is 0 Å². The molecule has 0 aliphatic heterocycles. The highest BCUT2D eigenvalue weighted by Crippen LogP contribution is 2.19. The van der Waals surface area contributed by atoms with Gasteiger partial charge < -0.3 is 0 Å². The van der Waals surface area contributed by atoms with E-state index in [0.717, 1.165) is 0 Å². The van der Waals surface area contributed by atoms with Crippen molar-refractivity contribution in [3.05, 3.63) is 108 Å². The standard InChI is InChI=1S/C27H34Si/c1-4-13-25(14-5-1)19-10-22-28(23-11-20-26-15-6-2-7-16-26)24-12-21-27-17-8-3-9-18-27/h1-9,13-18,28H,10-12,19-24H2. The van der Waals surface area contributed by atoms with Gasteiger partial charge in [-0.3, -0.25) is 0 Å². The average Bonchev–Trinajstić information content (AvgIpc) is 2.76. The highest BCUT2D eigenvalue weighted by Gasteiger charge is 2.11. The summed E-state index contributed by atoms with van der Waals surface area (Å²) in [4.78, 5) is 0. The van der Waals surface area contributed by atoms with Gasteiger partial charge in [-0.15, -0.1) is 0 Å². The van der Waals surface area contributed by atoms with Crippen LogP contribution in [0.1, 0.15) is 36.0 Å². The van der Waals surface area contributed by atoms with Gasteiger partial charge in [0.25, 0.3) is 0 Å². The summed E-state index contributed by atoms with van der Waals surface area (Å²) < 4.78 is 0. The minimum atomic E-state index is -0.657. The summed E-state index contributed by atoms with van der Waals surface area (Å²) in [6.07, 6.45) is 7.87. The molecule has 0 bridgehead atoms. The maximum Gasteiger partial charge on any atom is 0.0368 e. The van der Waals surface area contributed by atoms with Gasteiger partial charge in [0.1, 0.15) is 0 Å². The summed E-state index contributed by atoms with van der Waals surface area (Å²) in [5, 5.41) is 0. The van der Waals surface area contributed by atoms with Crippen molar-refractivity contribution in [3.63, 3.8) is 0 Å². The van der Waals surface area contributed by atoms with Crippen molar-refractivity contribution in [1.29, 1.82) is 0 Å². The van der Waals surface area contributed by atoms with Gasteiger partial charge in [-0.05, 0) is 36.0 Å². The van der Waals surface area contributed by atoms with Gasteiger partial charge in [-0.25, -0.2) is 0 Å². The second-order valence-corrected chi connectivity index (χ2v) is 11.5. The third-order valence-electron chi connectivity index (χ3n) is 5.76. The first kappa shape index (κ1) is 20.6. The molecular formula is C27H34Si. The van der Waals surface area contributed by atoms with Gasteiger partial charge in [-0.2, -0.15) is 0 Å². The highest BCUT2D eigenvalue weighted by atomic mass is 28.3. The van der Waals surface area contributed by atoms with E-state index in [1.165, 1.54) is 73.3 Å². The van der Waals surface area contributed by atoms with Crippen molar-refractivity contribution in [1.82, 2.24) is 0 Å². The van der Waals surface area contributed by atoms with Crippen LogP contribution in [-0.2, 0) is 19.3 Å². The smallest absolute Gasteiger partial charge is 0.0368 e. The molecular weight excluding hydrogens is 352 g/mol. The molecule has 0 aliphatic carbocycles. The summed E-state index contributed by atoms with van der Waals surface area (Å²) in [7, 11) is -0.657. The lowest BCUT2D eigenvalue weighted by molar-refractivity contribution is 0.840. The Morgan fingerprint density at radius 3 is 0.964 bits per heavy atom. The van der Waals surface area contributed by atoms with Crippen LogP contribution in [0, 0.1) is 0 Å². The zero-order valence-electron chi connectivity index (χ0n) is 17.1.